The largest absolute Gasteiger partial charge is 0.475 e. The van der Waals surface area contributed by atoms with Crippen LogP contribution >= 0.6 is 0 Å². The van der Waals surface area contributed by atoms with E-state index in [0.717, 1.165) is 11.6 Å². The number of sulfonamides is 1. The lowest BCUT2D eigenvalue weighted by molar-refractivity contribution is 0.0661. The predicted octanol–water partition coefficient (Wildman–Crippen LogP) is 2.40. The number of aromatic carboxylic acids is 1. The molecule has 1 heterocycles. The van der Waals surface area contributed by atoms with Crippen LogP contribution in [-0.2, 0) is 10.0 Å². The molecule has 0 amide bonds. The number of anilines is 1. The summed E-state index contributed by atoms with van der Waals surface area (Å²) >= 11 is 0. The third kappa shape index (κ3) is 2.83. The van der Waals surface area contributed by atoms with Crippen molar-refractivity contribution in [1.29, 1.82) is 0 Å². The smallest absolute Gasteiger partial charge is 0.371 e. The second-order valence-electron chi connectivity index (χ2n) is 4.31. The van der Waals surface area contributed by atoms with Gasteiger partial charge in [-0.05, 0) is 26.0 Å². The number of carbonyl (C=O) groups is 1. The summed E-state index contributed by atoms with van der Waals surface area (Å²) in [4.78, 5) is 10.6. The molecule has 2 N–H and O–H groups in total. The van der Waals surface area contributed by atoms with Gasteiger partial charge in [0.25, 0.3) is 10.0 Å². The molecule has 1 aromatic heterocycles. The molecule has 0 bridgehead atoms. The number of carboxylic acids is 1. The van der Waals surface area contributed by atoms with Crippen LogP contribution in [0.15, 0.2) is 39.6 Å². The Bertz CT molecular complexity index is 744. The number of carboxylic acid groups (broad SMARTS) is 1. The number of nitrogens with one attached hydrogen (secondary N) is 1. The first-order valence-corrected chi connectivity index (χ1v) is 7.21. The molecule has 0 spiro atoms. The summed E-state index contributed by atoms with van der Waals surface area (Å²) in [5.74, 6) is -1.70. The molecule has 0 aliphatic heterocycles. The van der Waals surface area contributed by atoms with Crippen molar-refractivity contribution in [3.8, 4) is 0 Å². The SMILES string of the molecule is Cc1ccc(NS(=O)(=O)c2cc(C(=O)O)oc2C)cc1. The minimum Gasteiger partial charge on any atom is -0.475 e. The number of aryl methyl sites for hydroxylation is 2. The van der Waals surface area contributed by atoms with E-state index in [-0.39, 0.29) is 10.7 Å². The molecule has 0 unspecified atom stereocenters. The van der Waals surface area contributed by atoms with E-state index < -0.39 is 21.8 Å². The zero-order valence-corrected chi connectivity index (χ0v) is 11.7. The molecule has 7 heteroatoms. The second kappa shape index (κ2) is 5.01. The molecule has 20 heavy (non-hydrogen) atoms. The van der Waals surface area contributed by atoms with Crippen LogP contribution in [0.2, 0.25) is 0 Å². The van der Waals surface area contributed by atoms with E-state index in [1.54, 1.807) is 24.3 Å². The lowest BCUT2D eigenvalue weighted by atomic mass is 10.2. The summed E-state index contributed by atoms with van der Waals surface area (Å²) in [6.07, 6.45) is 0. The molecule has 0 radical (unpaired) electrons. The van der Waals surface area contributed by atoms with Crippen molar-refractivity contribution in [1.82, 2.24) is 0 Å². The average molecular weight is 295 g/mol. The molecule has 2 aromatic rings. The van der Waals surface area contributed by atoms with Gasteiger partial charge in [-0.3, -0.25) is 4.72 Å². The number of hydrogen-bond acceptors (Lipinski definition) is 4. The van der Waals surface area contributed by atoms with Crippen LogP contribution in [0, 0.1) is 13.8 Å². The minimum absolute atomic E-state index is 0.0296. The standard InChI is InChI=1S/C13H13NO5S/c1-8-3-5-10(6-4-8)14-20(17,18)12-7-11(13(15)16)19-9(12)2/h3-7,14H,1-2H3,(H,15,16). The quantitative estimate of drug-likeness (QED) is 0.902. The van der Waals surface area contributed by atoms with E-state index in [1.165, 1.54) is 6.92 Å². The van der Waals surface area contributed by atoms with Gasteiger partial charge in [0, 0.05) is 11.8 Å². The van der Waals surface area contributed by atoms with Crippen LogP contribution in [0.4, 0.5) is 5.69 Å². The number of hydrogen-bond donors (Lipinski definition) is 2. The van der Waals surface area contributed by atoms with Crippen molar-refractivity contribution >= 4 is 21.7 Å². The maximum atomic E-state index is 12.2. The minimum atomic E-state index is -3.88. The Kier molecular flexibility index (Phi) is 3.54. The molecule has 0 saturated carbocycles. The monoisotopic (exact) mass is 295 g/mol. The normalized spacial score (nSPS) is 11.3. The molecule has 2 rings (SSSR count). The molecule has 106 valence electrons. The zero-order chi connectivity index (χ0) is 14.9. The Labute approximate surface area is 116 Å². The highest BCUT2D eigenvalue weighted by atomic mass is 32.2. The van der Waals surface area contributed by atoms with Gasteiger partial charge in [-0.1, -0.05) is 17.7 Å². The predicted molar refractivity (Wildman–Crippen MR) is 72.4 cm³/mol. The maximum Gasteiger partial charge on any atom is 0.371 e. The molecular weight excluding hydrogens is 282 g/mol. The van der Waals surface area contributed by atoms with E-state index in [9.17, 15) is 13.2 Å². The van der Waals surface area contributed by atoms with Gasteiger partial charge >= 0.3 is 5.97 Å². The van der Waals surface area contributed by atoms with E-state index in [0.29, 0.717) is 5.69 Å². The molecule has 0 aliphatic rings. The second-order valence-corrected chi connectivity index (χ2v) is 5.96. The third-order valence-electron chi connectivity index (χ3n) is 2.68. The zero-order valence-electron chi connectivity index (χ0n) is 10.9. The van der Waals surface area contributed by atoms with Crippen molar-refractivity contribution in [2.45, 2.75) is 18.7 Å². The Morgan fingerprint density at radius 3 is 2.30 bits per heavy atom. The van der Waals surface area contributed by atoms with Crippen LogP contribution in [0.5, 0.6) is 0 Å². The van der Waals surface area contributed by atoms with E-state index in [4.69, 9.17) is 9.52 Å². The van der Waals surface area contributed by atoms with E-state index in [1.807, 2.05) is 6.92 Å². The van der Waals surface area contributed by atoms with Gasteiger partial charge in [-0.15, -0.1) is 0 Å². The van der Waals surface area contributed by atoms with Crippen molar-refractivity contribution in [2.24, 2.45) is 0 Å². The van der Waals surface area contributed by atoms with Crippen LogP contribution < -0.4 is 4.72 Å². The van der Waals surface area contributed by atoms with E-state index in [2.05, 4.69) is 4.72 Å². The summed E-state index contributed by atoms with van der Waals surface area (Å²) in [5, 5.41) is 8.80. The Hall–Kier alpha value is -2.28. The fourth-order valence-corrected chi connectivity index (χ4v) is 2.91. The highest BCUT2D eigenvalue weighted by molar-refractivity contribution is 7.92. The maximum absolute atomic E-state index is 12.2. The van der Waals surface area contributed by atoms with Crippen LogP contribution in [0.3, 0.4) is 0 Å². The van der Waals surface area contributed by atoms with Gasteiger partial charge < -0.3 is 9.52 Å². The summed E-state index contributed by atoms with van der Waals surface area (Å²) in [6, 6.07) is 7.78. The third-order valence-corrected chi connectivity index (χ3v) is 4.17. The van der Waals surface area contributed by atoms with Gasteiger partial charge in [0.1, 0.15) is 10.7 Å². The lowest BCUT2D eigenvalue weighted by Crippen LogP contribution is -2.13. The topological polar surface area (TPSA) is 96.6 Å². The lowest BCUT2D eigenvalue weighted by Gasteiger charge is -2.07. The number of benzene rings is 1. The van der Waals surface area contributed by atoms with Gasteiger partial charge in [0.15, 0.2) is 0 Å². The highest BCUT2D eigenvalue weighted by Gasteiger charge is 2.23. The summed E-state index contributed by atoms with van der Waals surface area (Å²) in [7, 11) is -3.88. The van der Waals surface area contributed by atoms with Crippen LogP contribution in [-0.4, -0.2) is 19.5 Å². The Morgan fingerprint density at radius 2 is 1.80 bits per heavy atom. The number of furan rings is 1. The molecule has 1 aromatic carbocycles. The Balaban J connectivity index is 2.35. The van der Waals surface area contributed by atoms with Crippen LogP contribution in [0.1, 0.15) is 21.9 Å². The average Bonchev–Trinajstić information content (AvgIpc) is 2.75. The summed E-state index contributed by atoms with van der Waals surface area (Å²) in [6.45, 7) is 3.29. The first kappa shape index (κ1) is 14.1. The van der Waals surface area contributed by atoms with Crippen molar-refractivity contribution < 1.29 is 22.7 Å². The van der Waals surface area contributed by atoms with Gasteiger partial charge in [0.2, 0.25) is 5.76 Å². The molecular formula is C13H13NO5S. The summed E-state index contributed by atoms with van der Waals surface area (Å²) in [5.41, 5.74) is 1.40. The van der Waals surface area contributed by atoms with Crippen LogP contribution in [0.25, 0.3) is 0 Å². The first-order valence-electron chi connectivity index (χ1n) is 5.73. The number of rotatable bonds is 4. The summed E-state index contributed by atoms with van der Waals surface area (Å²) < 4.78 is 31.6. The molecule has 0 aliphatic carbocycles. The Morgan fingerprint density at radius 1 is 1.20 bits per heavy atom. The van der Waals surface area contributed by atoms with Crippen molar-refractivity contribution in [2.75, 3.05) is 4.72 Å². The van der Waals surface area contributed by atoms with E-state index >= 15 is 0 Å². The first-order chi connectivity index (χ1) is 9.29. The highest BCUT2D eigenvalue weighted by Crippen LogP contribution is 2.23. The molecule has 6 nitrogen and oxygen atoms in total. The molecule has 0 atom stereocenters. The molecule has 0 fully saturated rings. The fraction of sp³-hybridized carbons (Fsp3) is 0.154. The van der Waals surface area contributed by atoms with Gasteiger partial charge in [0.05, 0.1) is 0 Å². The van der Waals surface area contributed by atoms with Gasteiger partial charge in [-0.2, -0.15) is 0 Å². The fourth-order valence-electron chi connectivity index (χ4n) is 1.67. The molecule has 0 saturated heterocycles. The van der Waals surface area contributed by atoms with Crippen molar-refractivity contribution in [3.05, 3.63) is 47.4 Å². The van der Waals surface area contributed by atoms with Crippen molar-refractivity contribution in [3.63, 3.8) is 0 Å². The van der Waals surface area contributed by atoms with Gasteiger partial charge in [-0.25, -0.2) is 13.2 Å².